The van der Waals surface area contributed by atoms with Gasteiger partial charge in [0.2, 0.25) is 0 Å². The normalized spacial score (nSPS) is 9.60. The maximum absolute atomic E-state index is 2.37. The van der Waals surface area contributed by atoms with Crippen molar-refractivity contribution in [1.82, 2.24) is 0 Å². The van der Waals surface area contributed by atoms with Crippen LogP contribution >= 0.6 is 0 Å². The SMILES string of the molecule is [CH3][SbH][CH](C)C. The molecule has 0 saturated heterocycles. The van der Waals surface area contributed by atoms with Crippen molar-refractivity contribution in [3.8, 4) is 0 Å². The molecule has 0 rings (SSSR count). The number of rotatable bonds is 1. The summed E-state index contributed by atoms with van der Waals surface area (Å²) in [6.45, 7) is 4.60. The molecule has 0 amide bonds. The molecule has 0 unspecified atom stereocenters. The van der Waals surface area contributed by atoms with E-state index in [1.807, 2.05) is 0 Å². The van der Waals surface area contributed by atoms with Gasteiger partial charge in [-0.05, 0) is 0 Å². The molecule has 1 heteroatoms. The minimum atomic E-state index is 0.134. The first-order chi connectivity index (χ1) is 2.27. The van der Waals surface area contributed by atoms with Gasteiger partial charge in [-0.2, -0.15) is 0 Å². The van der Waals surface area contributed by atoms with E-state index in [1.165, 1.54) is 0 Å². The van der Waals surface area contributed by atoms with Crippen LogP contribution in [0, 0.1) is 0 Å². The van der Waals surface area contributed by atoms with E-state index in [2.05, 4.69) is 18.7 Å². The molecule has 0 saturated carbocycles. The van der Waals surface area contributed by atoms with Gasteiger partial charge in [-0.15, -0.1) is 0 Å². The second-order valence-corrected chi connectivity index (χ2v) is 6.39. The fraction of sp³-hybridized carbons (Fsp3) is 1.00. The first kappa shape index (κ1) is 5.82. The van der Waals surface area contributed by atoms with E-state index >= 15 is 0 Å². The van der Waals surface area contributed by atoms with Gasteiger partial charge in [-0.1, -0.05) is 0 Å². The molecule has 32 valence electrons. The van der Waals surface area contributed by atoms with E-state index in [9.17, 15) is 0 Å². The van der Waals surface area contributed by atoms with E-state index in [4.69, 9.17) is 0 Å². The fourth-order valence-corrected chi connectivity index (χ4v) is 0. The standard InChI is InChI=1S/C3H7.CH3.Sb.H/c1-3-2;;;/h3H,1-2H3;1H3;;. The Morgan fingerprint density at radius 2 is 1.60 bits per heavy atom. The Labute approximate surface area is 44.5 Å². The molecule has 5 heavy (non-hydrogen) atoms. The zero-order valence-corrected chi connectivity index (χ0v) is 6.93. The van der Waals surface area contributed by atoms with Gasteiger partial charge in [0.05, 0.1) is 0 Å². The van der Waals surface area contributed by atoms with Crippen LogP contribution in [0.15, 0.2) is 0 Å². The number of hydrogen-bond acceptors (Lipinski definition) is 0. The number of hydrogen-bond donors (Lipinski definition) is 0. The van der Waals surface area contributed by atoms with Crippen molar-refractivity contribution < 1.29 is 0 Å². The summed E-state index contributed by atoms with van der Waals surface area (Å²) in [6, 6.07) is 0. The molecule has 0 heterocycles. The van der Waals surface area contributed by atoms with Gasteiger partial charge < -0.3 is 0 Å². The van der Waals surface area contributed by atoms with Crippen LogP contribution in [0.1, 0.15) is 13.8 Å². The van der Waals surface area contributed by atoms with Crippen LogP contribution in [0.3, 0.4) is 0 Å². The average Bonchev–Trinajstić information content (AvgIpc) is 1.38. The monoisotopic (exact) mass is 180 g/mol. The maximum atomic E-state index is 2.37. The quantitative estimate of drug-likeness (QED) is 0.534. The molecule has 0 aliphatic heterocycles. The Morgan fingerprint density at radius 1 is 1.40 bits per heavy atom. The molecule has 0 atom stereocenters. The molecular formula is C4H11Sb. The Kier molecular flexibility index (Phi) is 3.52. The van der Waals surface area contributed by atoms with Crippen molar-refractivity contribution in [2.45, 2.75) is 22.6 Å². The van der Waals surface area contributed by atoms with Crippen molar-refractivity contribution >= 4 is 21.6 Å². The summed E-state index contributed by atoms with van der Waals surface area (Å²) in [5.74, 6) is 0. The van der Waals surface area contributed by atoms with E-state index in [0.717, 1.165) is 3.86 Å². The van der Waals surface area contributed by atoms with E-state index in [1.54, 1.807) is 0 Å². The van der Waals surface area contributed by atoms with Crippen LogP contribution < -0.4 is 0 Å². The zero-order valence-electron chi connectivity index (χ0n) is 4.08. The van der Waals surface area contributed by atoms with Crippen molar-refractivity contribution in [3.63, 3.8) is 0 Å². The summed E-state index contributed by atoms with van der Waals surface area (Å²) in [4.78, 5) is 2.37. The average molecular weight is 181 g/mol. The van der Waals surface area contributed by atoms with Gasteiger partial charge in [-0.3, -0.25) is 0 Å². The third-order valence-corrected chi connectivity index (χ3v) is 3.87. The summed E-state index contributed by atoms with van der Waals surface area (Å²) in [7, 11) is 0. The zero-order chi connectivity index (χ0) is 4.28. The molecule has 0 radical (unpaired) electrons. The van der Waals surface area contributed by atoms with Crippen LogP contribution in [-0.4, -0.2) is 21.6 Å². The van der Waals surface area contributed by atoms with Gasteiger partial charge in [-0.25, -0.2) is 0 Å². The molecule has 0 nitrogen and oxygen atoms in total. The molecule has 0 spiro atoms. The van der Waals surface area contributed by atoms with Gasteiger partial charge in [0.25, 0.3) is 0 Å². The van der Waals surface area contributed by atoms with Crippen LogP contribution in [0.2, 0.25) is 8.73 Å². The minimum absolute atomic E-state index is 0.134. The first-order valence-corrected chi connectivity index (χ1v) is 6.45. The Balaban J connectivity index is 2.54. The molecule has 0 N–H and O–H groups in total. The summed E-state index contributed by atoms with van der Waals surface area (Å²) < 4.78 is 1.05. The van der Waals surface area contributed by atoms with E-state index in [0.29, 0.717) is 0 Å². The molecule has 0 aliphatic rings. The Morgan fingerprint density at radius 3 is 1.60 bits per heavy atom. The third kappa shape index (κ3) is 4.82. The second kappa shape index (κ2) is 3.03. The molecule has 0 aliphatic carbocycles. The summed E-state index contributed by atoms with van der Waals surface area (Å²) >= 11 is 0.134. The van der Waals surface area contributed by atoms with Crippen molar-refractivity contribution in [3.05, 3.63) is 0 Å². The van der Waals surface area contributed by atoms with Gasteiger partial charge in [0.15, 0.2) is 0 Å². The predicted molar refractivity (Wildman–Crippen MR) is 28.1 cm³/mol. The summed E-state index contributed by atoms with van der Waals surface area (Å²) in [5, 5.41) is 0. The van der Waals surface area contributed by atoms with Gasteiger partial charge in [0.1, 0.15) is 0 Å². The van der Waals surface area contributed by atoms with Crippen LogP contribution in [0.25, 0.3) is 0 Å². The summed E-state index contributed by atoms with van der Waals surface area (Å²) in [5.41, 5.74) is 0. The third-order valence-electron chi connectivity index (χ3n) is 0.577. The second-order valence-electron chi connectivity index (χ2n) is 1.44. The van der Waals surface area contributed by atoms with Crippen LogP contribution in [0.4, 0.5) is 0 Å². The van der Waals surface area contributed by atoms with Crippen LogP contribution in [-0.2, 0) is 0 Å². The van der Waals surface area contributed by atoms with Crippen LogP contribution in [0.5, 0.6) is 0 Å². The van der Waals surface area contributed by atoms with Crippen molar-refractivity contribution in [2.75, 3.05) is 0 Å². The molecular weight excluding hydrogens is 170 g/mol. The molecule has 0 aromatic carbocycles. The molecule has 0 fully saturated rings. The van der Waals surface area contributed by atoms with Crippen molar-refractivity contribution in [2.24, 2.45) is 0 Å². The summed E-state index contributed by atoms with van der Waals surface area (Å²) in [6.07, 6.45) is 0. The van der Waals surface area contributed by atoms with Gasteiger partial charge in [0, 0.05) is 0 Å². The van der Waals surface area contributed by atoms with E-state index in [-0.39, 0.29) is 21.6 Å². The topological polar surface area (TPSA) is 0 Å². The molecule has 0 bridgehead atoms. The Bertz CT molecular complexity index is 17.6. The predicted octanol–water partition coefficient (Wildman–Crippen LogP) is 1.30. The van der Waals surface area contributed by atoms with Crippen molar-refractivity contribution in [1.29, 1.82) is 0 Å². The fourth-order valence-electron chi connectivity index (χ4n) is 0. The Hall–Kier alpha value is 0.818. The van der Waals surface area contributed by atoms with Gasteiger partial charge >= 0.3 is 44.2 Å². The first-order valence-electron chi connectivity index (χ1n) is 1.94. The molecule has 0 aromatic heterocycles. The molecule has 0 aromatic rings. The van der Waals surface area contributed by atoms with E-state index < -0.39 is 0 Å².